The third-order valence-corrected chi connectivity index (χ3v) is 24.6. The number of anilines is 1. The second kappa shape index (κ2) is 67.2. The molecule has 0 spiro atoms. The number of quaternary nitrogens is 1. The summed E-state index contributed by atoms with van der Waals surface area (Å²) in [6, 6.07) is 9.15. The minimum atomic E-state index is -2.01. The van der Waals surface area contributed by atoms with Gasteiger partial charge in [0.2, 0.25) is 29.9 Å². The van der Waals surface area contributed by atoms with E-state index < -0.39 is 145 Å². The van der Waals surface area contributed by atoms with E-state index in [-0.39, 0.29) is 123 Å². The highest BCUT2D eigenvalue weighted by Gasteiger charge is 2.50. The Morgan fingerprint density at radius 3 is 1.71 bits per heavy atom. The number of ether oxygens (including phenoxy) is 16. The summed E-state index contributed by atoms with van der Waals surface area (Å²) in [6.45, 7) is 26.0. The molecule has 3 aliphatic heterocycles. The van der Waals surface area contributed by atoms with Crippen LogP contribution in [0.15, 0.2) is 66.1 Å². The van der Waals surface area contributed by atoms with Gasteiger partial charge in [0.05, 0.1) is 177 Å². The lowest BCUT2D eigenvalue weighted by Gasteiger charge is -2.44. The fourth-order valence-electron chi connectivity index (χ4n) is 15.7. The molecule has 6 rings (SSSR count). The number of likely N-dealkylation sites (tertiary alicyclic amines) is 1. The number of aliphatic hydroxyl groups excluding tert-OH is 3. The number of carboxylic acid groups (broad SMARTS) is 2. The van der Waals surface area contributed by atoms with E-state index in [4.69, 9.17) is 80.8 Å². The quantitative estimate of drug-likeness (QED) is 0.0205. The molecule has 1 aromatic heterocycles. The number of likely N-dealkylation sites (N-methyl/N-ethyl adjacent to an activating group) is 2. The van der Waals surface area contributed by atoms with E-state index in [1.807, 2.05) is 78.9 Å². The number of aromatic nitrogens is 1. The molecular weight excluding hydrogens is 1890 g/mol. The number of thiazole rings is 1. The molecule has 806 valence electrons. The van der Waals surface area contributed by atoms with Crippen LogP contribution in [0.1, 0.15) is 173 Å². The molecule has 0 radical (unpaired) electrons. The fraction of sp³-hybridized carbons (Fsp3) is 0.704. The lowest BCUT2D eigenvalue weighted by molar-refractivity contribution is -0.942. The van der Waals surface area contributed by atoms with E-state index in [9.17, 15) is 73.5 Å². The minimum Gasteiger partial charge on any atom is -0.481 e. The second-order valence-corrected chi connectivity index (χ2v) is 37.4. The number of nitrogens with one attached hydrogen (secondary N) is 7. The number of unbranched alkanes of at least 4 members (excludes halogenated alkanes) is 1. The third kappa shape index (κ3) is 45.5. The van der Waals surface area contributed by atoms with Crippen LogP contribution in [-0.4, -0.2) is 388 Å². The maximum absolute atomic E-state index is 15.1. The van der Waals surface area contributed by atoms with E-state index in [2.05, 4.69) is 37.2 Å². The Hall–Kier alpha value is -9.63. The minimum absolute atomic E-state index is 0.0179. The highest BCUT2D eigenvalue weighted by Crippen LogP contribution is 2.36. The summed E-state index contributed by atoms with van der Waals surface area (Å²) in [4.78, 5) is 165. The van der Waals surface area contributed by atoms with Gasteiger partial charge in [-0.15, -0.1) is 11.3 Å². The summed E-state index contributed by atoms with van der Waals surface area (Å²) >= 11 is 1.25. The van der Waals surface area contributed by atoms with Crippen LogP contribution in [0.25, 0.3) is 0 Å². The maximum atomic E-state index is 15.1. The van der Waals surface area contributed by atoms with E-state index in [1.54, 1.807) is 57.2 Å². The first-order valence-electron chi connectivity index (χ1n) is 49.4. The van der Waals surface area contributed by atoms with Crippen molar-refractivity contribution in [2.75, 3.05) is 204 Å². The van der Waals surface area contributed by atoms with Gasteiger partial charge in [0.25, 0.3) is 23.6 Å². The Labute approximate surface area is 841 Å². The average Bonchev–Trinajstić information content (AvgIpc) is 1.53. The molecule has 2 fully saturated rings. The predicted octanol–water partition coefficient (Wildman–Crippen LogP) is 4.78. The SMILES string of the molecule is CCCNC(=O)[C@H](CCCCNC(=O)CCOCCOCCOCCOCCOCCOCCOCCOCCOCCOCCOCCOC(=O)Nc1cc(C[N+]2(C)CCCC[C@@H]2C(=O)N[C@H](C(=O)N(C)[C@H](C[C@@H](OCC)c2nc(C(=O)N[C@@H](Cc3ccccc3)C[C@H](C)C(=O)O)cs2)C(C)C)[C@@H](C)CC)ccc1O[C@@H]1O[C@H](C(=O)O)[C@@H](O)[C@H](O)[C@H]1O)NC(=O)[C@H](CNC(=O)OC(C)(C)C)N1C(=O)C=CC1=O. The van der Waals surface area contributed by atoms with Crippen molar-refractivity contribution in [2.45, 2.75) is 231 Å². The van der Waals surface area contributed by atoms with Crippen molar-refractivity contribution < 1.29 is 163 Å². The summed E-state index contributed by atoms with van der Waals surface area (Å²) in [5, 5.41) is 73.3. The number of benzene rings is 2. The van der Waals surface area contributed by atoms with Crippen LogP contribution in [-0.2, 0) is 127 Å². The molecule has 15 atom stereocenters. The molecule has 4 heterocycles. The van der Waals surface area contributed by atoms with Crippen molar-refractivity contribution in [3.63, 3.8) is 0 Å². The number of nitrogens with zero attached hydrogens (tertiary/aromatic N) is 4. The van der Waals surface area contributed by atoms with E-state index in [1.165, 1.54) is 17.4 Å². The van der Waals surface area contributed by atoms with Crippen LogP contribution in [0.2, 0.25) is 0 Å². The van der Waals surface area contributed by atoms with Gasteiger partial charge >= 0.3 is 24.1 Å². The topological polar surface area (TPSA) is 557 Å². The number of imide groups is 1. The molecule has 12 N–H and O–H groups in total. The number of piperidine rings is 1. The number of rotatable bonds is 74. The number of aliphatic hydroxyl groups is 3. The molecule has 2 saturated heterocycles. The Kier molecular flexibility index (Phi) is 57.4. The Morgan fingerprint density at radius 2 is 1.19 bits per heavy atom. The maximum Gasteiger partial charge on any atom is 0.411 e. The molecule has 44 nitrogen and oxygen atoms in total. The smallest absolute Gasteiger partial charge is 0.411 e. The molecule has 1 unspecified atom stereocenters. The van der Waals surface area contributed by atoms with Gasteiger partial charge in [-0.25, -0.2) is 19.4 Å². The standard InChI is InChI=1S/C98H155N11O33S/c1-13-32-100-87(116)71(103-89(118)75(108-80(111)29-30-81(108)112)62-101-96(125)142-98(8,9)10)25-19-21-33-99-79(110)31-35-127-36-37-128-38-39-129-40-41-130-42-43-131-44-45-132-46-47-133-48-49-134-50-51-135-52-53-136-54-55-137-56-57-139-97(126)105-72-60-69(27-28-77(72)140-95-85(115)83(113)84(114)86(141-95)94(123)124)63-109(12)34-22-20-26-76(109)90(119)106-82(66(6)14-2)92(120)107(11)74(65(4)5)61-78(138-15-3)91-104-73(64-143-91)88(117)102-70(58-67(7)93(121)122)59-68-23-17-16-18-24-68/h16-18,23-24,27-30,60,64-67,70-71,74-76,78,82-86,95,113-115H,13-15,19-22,25-26,31-59,61-63H2,1-12H3,(H8-,99,100,101,102,103,105,106,110,116,117,118,119,121,122,123,124,125,126)/p+1/t66-,67-,70+,71-,74+,75-,76+,78+,82-,83-,84-,85+,86-,95+,109?/m0/s1. The lowest BCUT2D eigenvalue weighted by atomic mass is 9.92. The monoisotopic (exact) mass is 2050 g/mol. The Bertz CT molecular complexity index is 4330. The van der Waals surface area contributed by atoms with Gasteiger partial charge in [0.15, 0.2) is 12.1 Å². The van der Waals surface area contributed by atoms with Gasteiger partial charge < -0.3 is 143 Å². The molecule has 10 amide bonds. The molecule has 143 heavy (non-hydrogen) atoms. The number of carboxylic acids is 2. The van der Waals surface area contributed by atoms with Crippen molar-refractivity contribution >= 4 is 88.4 Å². The van der Waals surface area contributed by atoms with Gasteiger partial charge in [-0.1, -0.05) is 78.3 Å². The van der Waals surface area contributed by atoms with Gasteiger partial charge in [0, 0.05) is 81.2 Å². The van der Waals surface area contributed by atoms with Crippen molar-refractivity contribution in [3.05, 3.63) is 87.9 Å². The summed E-state index contributed by atoms with van der Waals surface area (Å²) in [5.74, 6) is -7.97. The normalized spacial score (nSPS) is 19.2. The van der Waals surface area contributed by atoms with Gasteiger partial charge in [-0.3, -0.25) is 53.4 Å². The first kappa shape index (κ1) is 122. The van der Waals surface area contributed by atoms with Crippen molar-refractivity contribution in [2.24, 2.45) is 17.8 Å². The van der Waals surface area contributed by atoms with Crippen LogP contribution in [0.4, 0.5) is 15.3 Å². The molecule has 45 heteroatoms. The summed E-state index contributed by atoms with van der Waals surface area (Å²) < 4.78 is 89.9. The second-order valence-electron chi connectivity index (χ2n) is 36.5. The van der Waals surface area contributed by atoms with Crippen LogP contribution in [0, 0.1) is 17.8 Å². The number of amides is 10. The number of carbonyl (C=O) groups excluding carboxylic acids is 10. The first-order valence-corrected chi connectivity index (χ1v) is 50.3. The summed E-state index contributed by atoms with van der Waals surface area (Å²) in [6.07, 6.45) is -4.93. The van der Waals surface area contributed by atoms with Crippen LogP contribution < -0.4 is 42.0 Å². The molecule has 0 aliphatic carbocycles. The van der Waals surface area contributed by atoms with E-state index >= 15 is 9.59 Å². The van der Waals surface area contributed by atoms with Gasteiger partial charge in [-0.05, 0) is 115 Å². The fourth-order valence-corrected chi connectivity index (χ4v) is 16.6. The molecule has 0 saturated carbocycles. The lowest BCUT2D eigenvalue weighted by Crippen LogP contribution is -2.63. The zero-order valence-corrected chi connectivity index (χ0v) is 85.7. The highest BCUT2D eigenvalue weighted by atomic mass is 32.1. The molecule has 3 aromatic rings. The predicted molar refractivity (Wildman–Crippen MR) is 520 cm³/mol. The zero-order chi connectivity index (χ0) is 105. The highest BCUT2D eigenvalue weighted by molar-refractivity contribution is 7.09. The number of hydrogen-bond acceptors (Lipinski definition) is 33. The number of hydrogen-bond donors (Lipinski definition) is 12. The van der Waals surface area contributed by atoms with Crippen molar-refractivity contribution in [1.82, 2.24) is 46.7 Å². The molecule has 2 aromatic carbocycles. The number of alkyl carbamates (subject to hydrolysis) is 1. The largest absolute Gasteiger partial charge is 0.481 e. The van der Waals surface area contributed by atoms with Crippen LogP contribution in [0.3, 0.4) is 0 Å². The van der Waals surface area contributed by atoms with Gasteiger partial charge in [-0.2, -0.15) is 0 Å². The van der Waals surface area contributed by atoms with Crippen molar-refractivity contribution in [3.8, 4) is 5.75 Å². The van der Waals surface area contributed by atoms with Crippen LogP contribution in [0.5, 0.6) is 5.75 Å². The molecular formula is C98H156N11O33S+. The average molecular weight is 2050 g/mol. The van der Waals surface area contributed by atoms with Crippen molar-refractivity contribution in [1.29, 1.82) is 0 Å². The third-order valence-electron chi connectivity index (χ3n) is 23.7. The Morgan fingerprint density at radius 1 is 0.629 bits per heavy atom. The van der Waals surface area contributed by atoms with Crippen LogP contribution >= 0.6 is 11.3 Å². The van der Waals surface area contributed by atoms with Gasteiger partial charge in [0.1, 0.15) is 77.7 Å². The molecule has 3 aliphatic rings. The van der Waals surface area contributed by atoms with E-state index in [0.29, 0.717) is 192 Å². The number of carbonyl (C=O) groups is 12. The summed E-state index contributed by atoms with van der Waals surface area (Å²) in [5.41, 5.74) is 0.824. The summed E-state index contributed by atoms with van der Waals surface area (Å²) in [7, 11) is 3.66. The molecule has 0 bridgehead atoms. The first-order chi connectivity index (χ1) is 68.5. The Balaban J connectivity index is 0.790. The zero-order valence-electron chi connectivity index (χ0n) is 84.9. The van der Waals surface area contributed by atoms with E-state index in [0.717, 1.165) is 30.6 Å². The number of aliphatic carboxylic acids is 2.